The molecule has 0 amide bonds. The Labute approximate surface area is 91.3 Å². The summed E-state index contributed by atoms with van der Waals surface area (Å²) in [6.45, 7) is 5.52. The van der Waals surface area contributed by atoms with Gasteiger partial charge in [-0.15, -0.1) is 0 Å². The number of phenolic OH excluding ortho intramolecular Hbond substituents is 1. The molecule has 1 unspecified atom stereocenters. The summed E-state index contributed by atoms with van der Waals surface area (Å²) in [6.07, 6.45) is 2.16. The molecule has 82 valence electrons. The lowest BCUT2D eigenvalue weighted by molar-refractivity contribution is 0.433. The molecular formula is C13H19NO. The predicted octanol–water partition coefficient (Wildman–Crippen LogP) is 2.32. The van der Waals surface area contributed by atoms with E-state index >= 15 is 0 Å². The second-order valence-corrected chi connectivity index (χ2v) is 5.17. The molecule has 0 radical (unpaired) electrons. The van der Waals surface area contributed by atoms with E-state index in [0.717, 1.165) is 18.5 Å². The zero-order valence-electron chi connectivity index (χ0n) is 9.46. The zero-order chi connectivity index (χ0) is 10.9. The number of rotatable bonds is 2. The third kappa shape index (κ3) is 2.51. The van der Waals surface area contributed by atoms with Crippen molar-refractivity contribution in [1.82, 2.24) is 5.32 Å². The van der Waals surface area contributed by atoms with Crippen LogP contribution in [-0.2, 0) is 6.42 Å². The molecule has 15 heavy (non-hydrogen) atoms. The van der Waals surface area contributed by atoms with Crippen LogP contribution in [0, 0.1) is 5.92 Å². The third-order valence-corrected chi connectivity index (χ3v) is 3.17. The molecule has 1 heterocycles. The molecule has 1 aliphatic heterocycles. The van der Waals surface area contributed by atoms with Crippen LogP contribution < -0.4 is 5.32 Å². The van der Waals surface area contributed by atoms with Gasteiger partial charge in [-0.05, 0) is 50.8 Å². The van der Waals surface area contributed by atoms with E-state index in [1.165, 1.54) is 6.42 Å². The second-order valence-electron chi connectivity index (χ2n) is 5.17. The van der Waals surface area contributed by atoms with Crippen molar-refractivity contribution in [3.8, 4) is 5.75 Å². The molecule has 0 aromatic heterocycles. The van der Waals surface area contributed by atoms with Crippen LogP contribution in [0.5, 0.6) is 5.75 Å². The van der Waals surface area contributed by atoms with Crippen LogP contribution in [0.15, 0.2) is 24.3 Å². The van der Waals surface area contributed by atoms with Gasteiger partial charge < -0.3 is 10.4 Å². The highest BCUT2D eigenvalue weighted by Gasteiger charge is 2.30. The Morgan fingerprint density at radius 1 is 1.40 bits per heavy atom. The molecule has 1 atom stereocenters. The average molecular weight is 205 g/mol. The molecule has 0 bridgehead atoms. The molecule has 1 saturated heterocycles. The third-order valence-electron chi connectivity index (χ3n) is 3.17. The van der Waals surface area contributed by atoms with Crippen LogP contribution >= 0.6 is 0 Å². The van der Waals surface area contributed by atoms with Crippen LogP contribution in [0.2, 0.25) is 0 Å². The number of para-hydroxylation sites is 1. The van der Waals surface area contributed by atoms with Crippen LogP contribution in [0.25, 0.3) is 0 Å². The molecule has 2 rings (SSSR count). The molecule has 1 aromatic carbocycles. The number of aromatic hydroxyl groups is 1. The van der Waals surface area contributed by atoms with E-state index in [-0.39, 0.29) is 5.54 Å². The fourth-order valence-corrected chi connectivity index (χ4v) is 2.43. The van der Waals surface area contributed by atoms with E-state index in [0.29, 0.717) is 11.7 Å². The monoisotopic (exact) mass is 205 g/mol. The van der Waals surface area contributed by atoms with Gasteiger partial charge in [0.2, 0.25) is 0 Å². The summed E-state index contributed by atoms with van der Waals surface area (Å²) in [5.74, 6) is 1.08. The lowest BCUT2D eigenvalue weighted by Crippen LogP contribution is -2.31. The minimum Gasteiger partial charge on any atom is -0.508 e. The standard InChI is InChI=1S/C13H19NO/c1-13(2)8-10(9-14-13)7-11-5-3-4-6-12(11)15/h3-6,10,14-15H,7-9H2,1-2H3. The van der Waals surface area contributed by atoms with E-state index in [1.54, 1.807) is 6.07 Å². The largest absolute Gasteiger partial charge is 0.508 e. The van der Waals surface area contributed by atoms with Crippen molar-refractivity contribution < 1.29 is 5.11 Å². The Hall–Kier alpha value is -1.02. The molecule has 2 N–H and O–H groups in total. The second kappa shape index (κ2) is 3.86. The zero-order valence-corrected chi connectivity index (χ0v) is 9.46. The fourth-order valence-electron chi connectivity index (χ4n) is 2.43. The topological polar surface area (TPSA) is 32.3 Å². The van der Waals surface area contributed by atoms with Gasteiger partial charge in [0, 0.05) is 5.54 Å². The number of benzene rings is 1. The maximum Gasteiger partial charge on any atom is 0.118 e. The van der Waals surface area contributed by atoms with Crippen LogP contribution in [0.3, 0.4) is 0 Å². The van der Waals surface area contributed by atoms with Crippen LogP contribution in [0.1, 0.15) is 25.8 Å². The lowest BCUT2D eigenvalue weighted by Gasteiger charge is -2.17. The molecule has 2 heteroatoms. The SMILES string of the molecule is CC1(C)CC(Cc2ccccc2O)CN1. The number of nitrogens with one attached hydrogen (secondary N) is 1. The molecule has 0 aliphatic carbocycles. The highest BCUT2D eigenvalue weighted by atomic mass is 16.3. The van der Waals surface area contributed by atoms with Gasteiger partial charge in [0.25, 0.3) is 0 Å². The van der Waals surface area contributed by atoms with Gasteiger partial charge in [0.1, 0.15) is 5.75 Å². The summed E-state index contributed by atoms with van der Waals surface area (Å²) in [4.78, 5) is 0. The van der Waals surface area contributed by atoms with Gasteiger partial charge in [-0.1, -0.05) is 18.2 Å². The predicted molar refractivity (Wildman–Crippen MR) is 62.0 cm³/mol. The van der Waals surface area contributed by atoms with Gasteiger partial charge in [-0.25, -0.2) is 0 Å². The quantitative estimate of drug-likeness (QED) is 0.776. The summed E-state index contributed by atoms with van der Waals surface area (Å²) in [5.41, 5.74) is 1.33. The molecular weight excluding hydrogens is 186 g/mol. The first-order valence-corrected chi connectivity index (χ1v) is 5.59. The first-order chi connectivity index (χ1) is 7.07. The first kappa shape index (κ1) is 10.5. The van der Waals surface area contributed by atoms with Gasteiger partial charge in [-0.2, -0.15) is 0 Å². The number of hydrogen-bond donors (Lipinski definition) is 2. The normalized spacial score (nSPS) is 24.3. The van der Waals surface area contributed by atoms with E-state index in [2.05, 4.69) is 19.2 Å². The van der Waals surface area contributed by atoms with E-state index < -0.39 is 0 Å². The Morgan fingerprint density at radius 2 is 2.13 bits per heavy atom. The summed E-state index contributed by atoms with van der Waals surface area (Å²) in [6, 6.07) is 7.64. The molecule has 0 spiro atoms. The van der Waals surface area contributed by atoms with Crippen LogP contribution in [-0.4, -0.2) is 17.2 Å². The lowest BCUT2D eigenvalue weighted by atomic mass is 9.92. The van der Waals surface area contributed by atoms with Gasteiger partial charge in [0.15, 0.2) is 0 Å². The van der Waals surface area contributed by atoms with Gasteiger partial charge in [-0.3, -0.25) is 0 Å². The summed E-state index contributed by atoms with van der Waals surface area (Å²) in [7, 11) is 0. The van der Waals surface area contributed by atoms with Crippen molar-refractivity contribution in [1.29, 1.82) is 0 Å². The Kier molecular flexibility index (Phi) is 2.70. The molecule has 1 aliphatic rings. The Morgan fingerprint density at radius 3 is 2.73 bits per heavy atom. The minimum atomic E-state index is 0.259. The van der Waals surface area contributed by atoms with E-state index in [9.17, 15) is 5.11 Å². The molecule has 0 saturated carbocycles. The summed E-state index contributed by atoms with van der Waals surface area (Å²) < 4.78 is 0. The van der Waals surface area contributed by atoms with Crippen molar-refractivity contribution in [3.63, 3.8) is 0 Å². The Balaban J connectivity index is 2.02. The van der Waals surface area contributed by atoms with Crippen molar-refractivity contribution in [3.05, 3.63) is 29.8 Å². The molecule has 2 nitrogen and oxygen atoms in total. The first-order valence-electron chi connectivity index (χ1n) is 5.59. The molecule has 1 fully saturated rings. The number of phenols is 1. The maximum atomic E-state index is 9.68. The fraction of sp³-hybridized carbons (Fsp3) is 0.538. The van der Waals surface area contributed by atoms with Crippen molar-refractivity contribution in [2.75, 3.05) is 6.54 Å². The van der Waals surface area contributed by atoms with Crippen LogP contribution in [0.4, 0.5) is 0 Å². The summed E-state index contributed by atoms with van der Waals surface area (Å²) >= 11 is 0. The van der Waals surface area contributed by atoms with E-state index in [1.807, 2.05) is 18.2 Å². The van der Waals surface area contributed by atoms with Gasteiger partial charge >= 0.3 is 0 Å². The van der Waals surface area contributed by atoms with E-state index in [4.69, 9.17) is 0 Å². The van der Waals surface area contributed by atoms with Crippen molar-refractivity contribution >= 4 is 0 Å². The minimum absolute atomic E-state index is 0.259. The summed E-state index contributed by atoms with van der Waals surface area (Å²) in [5, 5.41) is 13.2. The van der Waals surface area contributed by atoms with Gasteiger partial charge in [0.05, 0.1) is 0 Å². The average Bonchev–Trinajstić information content (AvgIpc) is 2.50. The Bertz CT molecular complexity index is 346. The smallest absolute Gasteiger partial charge is 0.118 e. The number of hydrogen-bond acceptors (Lipinski definition) is 2. The molecule has 1 aromatic rings. The van der Waals surface area contributed by atoms with Crippen molar-refractivity contribution in [2.24, 2.45) is 5.92 Å². The van der Waals surface area contributed by atoms with Crippen molar-refractivity contribution in [2.45, 2.75) is 32.2 Å². The highest BCUT2D eigenvalue weighted by Crippen LogP contribution is 2.28. The highest BCUT2D eigenvalue weighted by molar-refractivity contribution is 5.32. The maximum absolute atomic E-state index is 9.68.